The van der Waals surface area contributed by atoms with Crippen molar-refractivity contribution >= 4 is 23.6 Å². The quantitative estimate of drug-likeness (QED) is 0.569. The third-order valence-corrected chi connectivity index (χ3v) is 3.22. The number of anilines is 1. The van der Waals surface area contributed by atoms with Gasteiger partial charge in [0, 0.05) is 18.3 Å². The Kier molecular flexibility index (Phi) is 4.76. The van der Waals surface area contributed by atoms with Crippen molar-refractivity contribution in [1.29, 1.82) is 0 Å². The third kappa shape index (κ3) is 4.12. The van der Waals surface area contributed by atoms with E-state index < -0.39 is 6.04 Å². The van der Waals surface area contributed by atoms with Crippen molar-refractivity contribution in [1.82, 2.24) is 10.6 Å². The van der Waals surface area contributed by atoms with E-state index in [1.807, 2.05) is 12.1 Å². The van der Waals surface area contributed by atoms with E-state index in [4.69, 9.17) is 5.73 Å². The molecule has 0 radical (unpaired) electrons. The number of nitrogens with two attached hydrogens (primary N) is 1. The number of hydrogen-bond acceptors (Lipinski definition) is 3. The topological polar surface area (TPSA) is 84.2 Å². The van der Waals surface area contributed by atoms with Crippen LogP contribution < -0.4 is 16.4 Å². The van der Waals surface area contributed by atoms with Gasteiger partial charge in [0.25, 0.3) is 0 Å². The molecule has 1 fully saturated rings. The van der Waals surface area contributed by atoms with E-state index >= 15 is 0 Å². The van der Waals surface area contributed by atoms with Crippen LogP contribution >= 0.6 is 0 Å². The second kappa shape index (κ2) is 6.75. The summed E-state index contributed by atoms with van der Waals surface area (Å²) in [5, 5.41) is 5.52. The molecule has 1 aliphatic rings. The summed E-state index contributed by atoms with van der Waals surface area (Å²) < 4.78 is 0. The fourth-order valence-electron chi connectivity index (χ4n) is 2.08. The van der Waals surface area contributed by atoms with Crippen LogP contribution in [-0.2, 0) is 9.59 Å². The van der Waals surface area contributed by atoms with Crippen LogP contribution in [0.4, 0.5) is 5.69 Å². The highest BCUT2D eigenvalue weighted by Gasteiger charge is 2.21. The second-order valence-corrected chi connectivity index (χ2v) is 4.85. The number of rotatable bonds is 3. The molecule has 5 nitrogen and oxygen atoms in total. The summed E-state index contributed by atoms with van der Waals surface area (Å²) in [4.78, 5) is 23.5. The minimum absolute atomic E-state index is 0.100. The smallest absolute Gasteiger partial charge is 0.244 e. The number of amides is 2. The molecule has 1 saturated heterocycles. The van der Waals surface area contributed by atoms with E-state index in [9.17, 15) is 9.59 Å². The Hall–Kier alpha value is -2.30. The largest absolute Gasteiger partial charge is 0.399 e. The van der Waals surface area contributed by atoms with Crippen molar-refractivity contribution in [3.05, 3.63) is 35.9 Å². The Balaban J connectivity index is 1.91. The number of carbonyl (C=O) groups excluding carboxylic acids is 2. The lowest BCUT2D eigenvalue weighted by Crippen LogP contribution is -2.44. The predicted octanol–water partition coefficient (Wildman–Crippen LogP) is 1.07. The van der Waals surface area contributed by atoms with Crippen molar-refractivity contribution < 1.29 is 9.59 Å². The summed E-state index contributed by atoms with van der Waals surface area (Å²) >= 11 is 0. The SMILES string of the molecule is Nc1ccc(/C=C/C(=O)NC2CCCCNC2=O)cc1. The normalized spacial score (nSPS) is 19.4. The Morgan fingerprint density at radius 3 is 2.80 bits per heavy atom. The lowest BCUT2D eigenvalue weighted by atomic mass is 10.1. The highest BCUT2D eigenvalue weighted by Crippen LogP contribution is 2.08. The van der Waals surface area contributed by atoms with Gasteiger partial charge in [0.15, 0.2) is 0 Å². The molecule has 1 aromatic rings. The second-order valence-electron chi connectivity index (χ2n) is 4.85. The van der Waals surface area contributed by atoms with Gasteiger partial charge in [-0.15, -0.1) is 0 Å². The molecule has 1 unspecified atom stereocenters. The first-order chi connectivity index (χ1) is 9.65. The zero-order valence-corrected chi connectivity index (χ0v) is 11.3. The van der Waals surface area contributed by atoms with Crippen LogP contribution in [0.5, 0.6) is 0 Å². The molecule has 0 saturated carbocycles. The van der Waals surface area contributed by atoms with Crippen LogP contribution in [0.15, 0.2) is 30.3 Å². The highest BCUT2D eigenvalue weighted by molar-refractivity contribution is 5.95. The average molecular weight is 273 g/mol. The summed E-state index contributed by atoms with van der Waals surface area (Å²) in [6.45, 7) is 0.687. The van der Waals surface area contributed by atoms with Crippen molar-refractivity contribution in [3.63, 3.8) is 0 Å². The minimum Gasteiger partial charge on any atom is -0.399 e. The first-order valence-corrected chi connectivity index (χ1v) is 6.77. The van der Waals surface area contributed by atoms with Crippen LogP contribution in [0.3, 0.4) is 0 Å². The highest BCUT2D eigenvalue weighted by atomic mass is 16.2. The van der Waals surface area contributed by atoms with Gasteiger partial charge in [-0.2, -0.15) is 0 Å². The first kappa shape index (κ1) is 14.1. The fourth-order valence-corrected chi connectivity index (χ4v) is 2.08. The molecule has 2 amide bonds. The van der Waals surface area contributed by atoms with Crippen molar-refractivity contribution in [3.8, 4) is 0 Å². The number of hydrogen-bond donors (Lipinski definition) is 3. The molecule has 5 heteroatoms. The molecule has 1 aliphatic heterocycles. The summed E-state index contributed by atoms with van der Waals surface area (Å²) in [6, 6.07) is 6.78. The van der Waals surface area contributed by atoms with E-state index in [0.717, 1.165) is 18.4 Å². The summed E-state index contributed by atoms with van der Waals surface area (Å²) in [7, 11) is 0. The minimum atomic E-state index is -0.430. The van der Waals surface area contributed by atoms with Gasteiger partial charge in [0.1, 0.15) is 6.04 Å². The molecule has 0 aliphatic carbocycles. The fraction of sp³-hybridized carbons (Fsp3) is 0.333. The lowest BCUT2D eigenvalue weighted by molar-refractivity contribution is -0.126. The molecule has 106 valence electrons. The number of nitrogens with one attached hydrogen (secondary N) is 2. The zero-order valence-electron chi connectivity index (χ0n) is 11.3. The van der Waals surface area contributed by atoms with Gasteiger partial charge in [-0.05, 0) is 43.0 Å². The summed E-state index contributed by atoms with van der Waals surface area (Å²) in [5.41, 5.74) is 7.16. The Morgan fingerprint density at radius 2 is 2.05 bits per heavy atom. The lowest BCUT2D eigenvalue weighted by Gasteiger charge is -2.13. The number of carbonyl (C=O) groups is 2. The zero-order chi connectivity index (χ0) is 14.4. The number of nitrogen functional groups attached to an aromatic ring is 1. The Morgan fingerprint density at radius 1 is 1.30 bits per heavy atom. The van der Waals surface area contributed by atoms with Crippen LogP contribution in [0, 0.1) is 0 Å². The van der Waals surface area contributed by atoms with Crippen molar-refractivity contribution in [2.75, 3.05) is 12.3 Å². The van der Waals surface area contributed by atoms with Gasteiger partial charge in [0.05, 0.1) is 0 Å². The Labute approximate surface area is 118 Å². The molecular weight excluding hydrogens is 254 g/mol. The van der Waals surface area contributed by atoms with Gasteiger partial charge in [-0.25, -0.2) is 0 Å². The van der Waals surface area contributed by atoms with Crippen LogP contribution in [-0.4, -0.2) is 24.4 Å². The monoisotopic (exact) mass is 273 g/mol. The van der Waals surface area contributed by atoms with E-state index in [1.165, 1.54) is 6.08 Å². The molecule has 0 bridgehead atoms. The van der Waals surface area contributed by atoms with E-state index in [2.05, 4.69) is 10.6 Å². The maximum absolute atomic E-state index is 11.8. The molecular formula is C15H19N3O2. The molecule has 0 spiro atoms. The maximum atomic E-state index is 11.8. The molecule has 2 rings (SSSR count). The van der Waals surface area contributed by atoms with Gasteiger partial charge in [-0.1, -0.05) is 12.1 Å². The first-order valence-electron chi connectivity index (χ1n) is 6.77. The maximum Gasteiger partial charge on any atom is 0.244 e. The van der Waals surface area contributed by atoms with E-state index in [1.54, 1.807) is 18.2 Å². The molecule has 1 atom stereocenters. The summed E-state index contributed by atoms with van der Waals surface area (Å²) in [6.07, 6.45) is 5.71. The van der Waals surface area contributed by atoms with Crippen LogP contribution in [0.2, 0.25) is 0 Å². The molecule has 0 aromatic heterocycles. The summed E-state index contributed by atoms with van der Waals surface area (Å²) in [5.74, 6) is -0.361. The van der Waals surface area contributed by atoms with Crippen LogP contribution in [0.1, 0.15) is 24.8 Å². The standard InChI is InChI=1S/C15H19N3O2/c16-12-7-4-11(5-8-12)6-9-14(19)18-13-3-1-2-10-17-15(13)20/h4-9,13H,1-3,10,16H2,(H,17,20)(H,18,19)/b9-6+. The van der Waals surface area contributed by atoms with Gasteiger partial charge in [-0.3, -0.25) is 9.59 Å². The third-order valence-electron chi connectivity index (χ3n) is 3.22. The van der Waals surface area contributed by atoms with Crippen molar-refractivity contribution in [2.45, 2.75) is 25.3 Å². The predicted molar refractivity (Wildman–Crippen MR) is 78.7 cm³/mol. The Bertz CT molecular complexity index is 508. The van der Waals surface area contributed by atoms with Gasteiger partial charge < -0.3 is 16.4 Å². The van der Waals surface area contributed by atoms with Crippen LogP contribution in [0.25, 0.3) is 6.08 Å². The van der Waals surface area contributed by atoms with E-state index in [0.29, 0.717) is 18.7 Å². The molecule has 20 heavy (non-hydrogen) atoms. The van der Waals surface area contributed by atoms with Crippen molar-refractivity contribution in [2.24, 2.45) is 0 Å². The number of benzene rings is 1. The molecule has 1 heterocycles. The molecule has 1 aromatic carbocycles. The molecule has 4 N–H and O–H groups in total. The average Bonchev–Trinajstić information content (AvgIpc) is 2.64. The van der Waals surface area contributed by atoms with E-state index in [-0.39, 0.29) is 11.8 Å². The van der Waals surface area contributed by atoms with Gasteiger partial charge >= 0.3 is 0 Å². The van der Waals surface area contributed by atoms with Gasteiger partial charge in [0.2, 0.25) is 11.8 Å².